The van der Waals surface area contributed by atoms with Crippen molar-refractivity contribution in [2.45, 2.75) is 52.7 Å². The molecule has 4 rings (SSSR count). The number of hydrogen-bond acceptors (Lipinski definition) is 8. The Hall–Kier alpha value is -3.83. The molecule has 252 valence electrons. The number of nitrogens with one attached hydrogen (secondary N) is 2. The highest BCUT2D eigenvalue weighted by atomic mass is 35.5. The Labute approximate surface area is 281 Å². The summed E-state index contributed by atoms with van der Waals surface area (Å²) in [4.78, 5) is 53.8. The standard InChI is InChI=1S/C16H22ClN3O3.C9H18N2O2.C7H4ClNO/c1-16(2,3)23-15(22)20-10-8-19(9-11-20)14(21)18-13-6-4-12(17)5-7-13;1-9(2,3)13-8(12)11-6-4-10-5-7-11;8-6-1-3-7(4-2-6)9-5-10/h4-7H,8-11H2,1-3H3,(H,18,21);10H,4-7H2,1-3H3;1-4H. The van der Waals surface area contributed by atoms with Crippen LogP contribution in [0.4, 0.5) is 25.8 Å². The molecule has 14 heteroatoms. The van der Waals surface area contributed by atoms with Crippen molar-refractivity contribution in [2.24, 2.45) is 4.99 Å². The molecule has 0 atom stereocenters. The number of carbonyl (C=O) groups is 3. The Morgan fingerprint density at radius 3 is 1.57 bits per heavy atom. The number of carbonyl (C=O) groups excluding carboxylic acids is 4. The number of isocyanates is 1. The molecule has 0 bridgehead atoms. The van der Waals surface area contributed by atoms with Gasteiger partial charge >= 0.3 is 18.2 Å². The van der Waals surface area contributed by atoms with Crippen molar-refractivity contribution in [3.05, 3.63) is 58.6 Å². The van der Waals surface area contributed by atoms with Gasteiger partial charge in [0.05, 0.1) is 5.69 Å². The molecule has 0 radical (unpaired) electrons. The van der Waals surface area contributed by atoms with E-state index in [-0.39, 0.29) is 23.8 Å². The van der Waals surface area contributed by atoms with Crippen molar-refractivity contribution in [3.8, 4) is 0 Å². The monoisotopic (exact) mass is 678 g/mol. The van der Waals surface area contributed by atoms with E-state index in [1.54, 1.807) is 63.2 Å². The summed E-state index contributed by atoms with van der Waals surface area (Å²) < 4.78 is 10.6. The van der Waals surface area contributed by atoms with Crippen LogP contribution in [-0.2, 0) is 14.3 Å². The fourth-order valence-corrected chi connectivity index (χ4v) is 4.15. The summed E-state index contributed by atoms with van der Waals surface area (Å²) in [5.41, 5.74) is 0.357. The summed E-state index contributed by atoms with van der Waals surface area (Å²) in [6.45, 7) is 16.2. The van der Waals surface area contributed by atoms with Gasteiger partial charge in [0.2, 0.25) is 6.08 Å². The topological polar surface area (TPSA) is 133 Å². The zero-order valence-corrected chi connectivity index (χ0v) is 28.8. The lowest BCUT2D eigenvalue weighted by Crippen LogP contribution is -2.52. The quantitative estimate of drug-likeness (QED) is 0.272. The van der Waals surface area contributed by atoms with E-state index in [1.165, 1.54) is 6.08 Å². The number of piperazine rings is 2. The largest absolute Gasteiger partial charge is 0.444 e. The van der Waals surface area contributed by atoms with Gasteiger partial charge in [0, 0.05) is 68.1 Å². The maximum atomic E-state index is 12.2. The van der Waals surface area contributed by atoms with E-state index in [9.17, 15) is 19.2 Å². The fraction of sp³-hybridized carbons (Fsp3) is 0.500. The molecule has 4 amide bonds. The normalized spacial score (nSPS) is 14.7. The van der Waals surface area contributed by atoms with E-state index in [1.807, 2.05) is 41.5 Å². The molecule has 0 unspecified atom stereocenters. The number of rotatable bonds is 2. The van der Waals surface area contributed by atoms with Gasteiger partial charge in [-0.25, -0.2) is 19.2 Å². The molecule has 2 heterocycles. The van der Waals surface area contributed by atoms with E-state index in [0.29, 0.717) is 47.6 Å². The number of urea groups is 1. The van der Waals surface area contributed by atoms with Crippen LogP contribution >= 0.6 is 23.2 Å². The van der Waals surface area contributed by atoms with Crippen LogP contribution in [0, 0.1) is 0 Å². The van der Waals surface area contributed by atoms with Gasteiger partial charge in [-0.15, -0.1) is 0 Å². The summed E-state index contributed by atoms with van der Waals surface area (Å²) >= 11 is 11.4. The van der Waals surface area contributed by atoms with Crippen molar-refractivity contribution in [2.75, 3.05) is 57.7 Å². The van der Waals surface area contributed by atoms with Crippen LogP contribution in [-0.4, -0.2) is 103 Å². The summed E-state index contributed by atoms with van der Waals surface area (Å²) in [5.74, 6) is 0. The minimum Gasteiger partial charge on any atom is -0.444 e. The van der Waals surface area contributed by atoms with E-state index >= 15 is 0 Å². The van der Waals surface area contributed by atoms with Crippen LogP contribution in [0.15, 0.2) is 53.5 Å². The number of nitrogens with zero attached hydrogens (tertiary/aromatic N) is 4. The van der Waals surface area contributed by atoms with Crippen molar-refractivity contribution in [1.29, 1.82) is 0 Å². The van der Waals surface area contributed by atoms with Gasteiger partial charge in [0.25, 0.3) is 0 Å². The molecule has 0 aromatic heterocycles. The molecule has 2 aromatic carbocycles. The summed E-state index contributed by atoms with van der Waals surface area (Å²) in [5, 5.41) is 7.25. The Balaban J connectivity index is 0.000000269. The molecule has 0 spiro atoms. The number of aliphatic imine (C=N–C) groups is 1. The molecule has 0 aliphatic carbocycles. The molecule has 2 fully saturated rings. The molecule has 2 aliphatic rings. The lowest BCUT2D eigenvalue weighted by molar-refractivity contribution is 0.0172. The predicted octanol–water partition coefficient (Wildman–Crippen LogP) is 6.56. The average Bonchev–Trinajstić information content (AvgIpc) is 2.99. The number of hydrogen-bond donors (Lipinski definition) is 2. The fourth-order valence-electron chi connectivity index (χ4n) is 3.90. The smallest absolute Gasteiger partial charge is 0.410 e. The molecule has 0 saturated carbocycles. The summed E-state index contributed by atoms with van der Waals surface area (Å²) in [6.07, 6.45) is 0.898. The van der Waals surface area contributed by atoms with Gasteiger partial charge in [-0.3, -0.25) is 0 Å². The van der Waals surface area contributed by atoms with Gasteiger partial charge in [-0.2, -0.15) is 4.99 Å². The number of anilines is 1. The van der Waals surface area contributed by atoms with Gasteiger partial charge in [-0.1, -0.05) is 23.2 Å². The summed E-state index contributed by atoms with van der Waals surface area (Å²) in [6, 6.07) is 13.4. The van der Waals surface area contributed by atoms with Crippen molar-refractivity contribution in [1.82, 2.24) is 20.0 Å². The highest BCUT2D eigenvalue weighted by Gasteiger charge is 2.28. The second-order valence-electron chi connectivity index (χ2n) is 12.3. The average molecular weight is 680 g/mol. The van der Waals surface area contributed by atoms with Crippen LogP contribution in [0.25, 0.3) is 0 Å². The lowest BCUT2D eigenvalue weighted by atomic mass is 10.2. The first-order valence-electron chi connectivity index (χ1n) is 14.9. The second-order valence-corrected chi connectivity index (χ2v) is 13.2. The predicted molar refractivity (Wildman–Crippen MR) is 180 cm³/mol. The highest BCUT2D eigenvalue weighted by molar-refractivity contribution is 6.30. The third kappa shape index (κ3) is 15.4. The van der Waals surface area contributed by atoms with E-state index < -0.39 is 5.60 Å². The highest BCUT2D eigenvalue weighted by Crippen LogP contribution is 2.17. The summed E-state index contributed by atoms with van der Waals surface area (Å²) in [7, 11) is 0. The number of ether oxygens (including phenoxy) is 2. The minimum atomic E-state index is -0.514. The first-order chi connectivity index (χ1) is 21.6. The Bertz CT molecular complexity index is 1310. The van der Waals surface area contributed by atoms with Gasteiger partial charge in [0.15, 0.2) is 0 Å². The van der Waals surface area contributed by atoms with Gasteiger partial charge in [0.1, 0.15) is 11.2 Å². The van der Waals surface area contributed by atoms with Gasteiger partial charge in [-0.05, 0) is 90.1 Å². The zero-order chi connectivity index (χ0) is 34.3. The minimum absolute atomic E-state index is 0.184. The van der Waals surface area contributed by atoms with Crippen LogP contribution in [0.2, 0.25) is 10.0 Å². The SMILES string of the molecule is CC(C)(C)OC(=O)N1CCN(C(=O)Nc2ccc(Cl)cc2)CC1.CC(C)(C)OC(=O)N1CCNCC1.O=C=Nc1ccc(Cl)cc1. The van der Waals surface area contributed by atoms with Crippen molar-refractivity contribution < 1.29 is 28.7 Å². The third-order valence-electron chi connectivity index (χ3n) is 6.08. The third-order valence-corrected chi connectivity index (χ3v) is 6.59. The first kappa shape index (κ1) is 38.4. The first-order valence-corrected chi connectivity index (χ1v) is 15.6. The second kappa shape index (κ2) is 18.3. The number of benzene rings is 2. The van der Waals surface area contributed by atoms with Crippen molar-refractivity contribution in [3.63, 3.8) is 0 Å². The molecule has 2 saturated heterocycles. The zero-order valence-electron chi connectivity index (χ0n) is 27.3. The van der Waals surface area contributed by atoms with E-state index in [4.69, 9.17) is 32.7 Å². The molecule has 2 aliphatic heterocycles. The molecular weight excluding hydrogens is 635 g/mol. The molecule has 12 nitrogen and oxygen atoms in total. The number of amides is 4. The molecule has 2 N–H and O–H groups in total. The van der Waals surface area contributed by atoms with Gasteiger partial charge < -0.3 is 34.8 Å². The Morgan fingerprint density at radius 2 is 1.13 bits per heavy atom. The Kier molecular flexibility index (Phi) is 15.3. The maximum absolute atomic E-state index is 12.2. The van der Waals surface area contributed by atoms with Crippen LogP contribution in [0.3, 0.4) is 0 Å². The molecule has 46 heavy (non-hydrogen) atoms. The van der Waals surface area contributed by atoms with Crippen molar-refractivity contribution >= 4 is 58.9 Å². The number of halogens is 2. The Morgan fingerprint density at radius 1 is 0.717 bits per heavy atom. The van der Waals surface area contributed by atoms with Crippen LogP contribution in [0.5, 0.6) is 0 Å². The molecule has 2 aromatic rings. The molecular formula is C32H44Cl2N6O6. The van der Waals surface area contributed by atoms with E-state index in [0.717, 1.165) is 26.2 Å². The maximum Gasteiger partial charge on any atom is 0.410 e. The van der Waals surface area contributed by atoms with E-state index in [2.05, 4.69) is 15.6 Å². The van der Waals surface area contributed by atoms with Crippen LogP contribution < -0.4 is 10.6 Å². The van der Waals surface area contributed by atoms with Crippen LogP contribution in [0.1, 0.15) is 41.5 Å². The lowest BCUT2D eigenvalue weighted by Gasteiger charge is -2.35.